The molecule has 0 spiro atoms. The lowest BCUT2D eigenvalue weighted by Crippen LogP contribution is -2.40. The van der Waals surface area contributed by atoms with E-state index in [-0.39, 0.29) is 12.4 Å². The van der Waals surface area contributed by atoms with Crippen molar-refractivity contribution in [2.45, 2.75) is 12.5 Å². The average Bonchev–Trinajstić information content (AvgIpc) is 2.55. The Morgan fingerprint density at radius 1 is 1.08 bits per heavy atom. The van der Waals surface area contributed by atoms with Gasteiger partial charge in [-0.05, 0) is 36.4 Å². The number of amides is 1. The topological polar surface area (TPSA) is 56.8 Å². The molecule has 2 aromatic rings. The van der Waals surface area contributed by atoms with Gasteiger partial charge in [0.25, 0.3) is 5.91 Å². The first-order chi connectivity index (χ1) is 11.4. The highest BCUT2D eigenvalue weighted by atomic mass is 19.4. The molecule has 126 valence electrons. The number of halogens is 3. The molecule has 1 N–H and O–H groups in total. The molecule has 2 aromatic carbocycles. The molecule has 0 bridgehead atoms. The van der Waals surface area contributed by atoms with E-state index >= 15 is 0 Å². The first-order valence-electron chi connectivity index (χ1n) is 6.96. The normalized spacial score (nSPS) is 16.4. The Hall–Kier alpha value is -2.90. The maximum absolute atomic E-state index is 12.2. The fourth-order valence-corrected chi connectivity index (χ4v) is 2.11. The number of benzene rings is 2. The Kier molecular flexibility index (Phi) is 4.20. The number of hydrogen-bond donors (Lipinski definition) is 1. The van der Waals surface area contributed by atoms with Crippen molar-refractivity contribution in [1.29, 1.82) is 0 Å². The zero-order valence-electron chi connectivity index (χ0n) is 12.2. The Bertz CT molecular complexity index is 731. The van der Waals surface area contributed by atoms with Crippen LogP contribution in [0.25, 0.3) is 0 Å². The third kappa shape index (κ3) is 3.89. The SMILES string of the molecule is O=C(Nc1ccc(OC(F)(F)F)cc1)[C@@H]1COc2ccccc2O1. The van der Waals surface area contributed by atoms with Crippen molar-refractivity contribution in [1.82, 2.24) is 0 Å². The van der Waals surface area contributed by atoms with E-state index in [0.717, 1.165) is 12.1 Å². The quantitative estimate of drug-likeness (QED) is 0.932. The summed E-state index contributed by atoms with van der Waals surface area (Å²) in [4.78, 5) is 12.2. The van der Waals surface area contributed by atoms with Crippen molar-refractivity contribution < 1.29 is 32.2 Å². The van der Waals surface area contributed by atoms with Crippen LogP contribution in [0.15, 0.2) is 48.5 Å². The molecule has 1 aliphatic heterocycles. The van der Waals surface area contributed by atoms with Crippen LogP contribution in [0.4, 0.5) is 18.9 Å². The van der Waals surface area contributed by atoms with Crippen molar-refractivity contribution in [3.8, 4) is 17.2 Å². The Labute approximate surface area is 134 Å². The van der Waals surface area contributed by atoms with Gasteiger partial charge in [-0.1, -0.05) is 12.1 Å². The lowest BCUT2D eigenvalue weighted by atomic mass is 10.2. The number of anilines is 1. The molecule has 0 saturated heterocycles. The van der Waals surface area contributed by atoms with Crippen molar-refractivity contribution in [3.63, 3.8) is 0 Å². The second-order valence-corrected chi connectivity index (χ2v) is 4.93. The molecule has 0 radical (unpaired) electrons. The first kappa shape index (κ1) is 16.0. The molecule has 1 atom stereocenters. The molecule has 0 aliphatic carbocycles. The highest BCUT2D eigenvalue weighted by Crippen LogP contribution is 2.31. The van der Waals surface area contributed by atoms with Gasteiger partial charge in [-0.3, -0.25) is 4.79 Å². The molecule has 24 heavy (non-hydrogen) atoms. The van der Waals surface area contributed by atoms with Gasteiger partial charge in [0.15, 0.2) is 11.5 Å². The van der Waals surface area contributed by atoms with E-state index in [1.807, 2.05) is 0 Å². The van der Waals surface area contributed by atoms with Crippen LogP contribution in [-0.4, -0.2) is 25.0 Å². The molecule has 1 heterocycles. The number of para-hydroxylation sites is 2. The second kappa shape index (κ2) is 6.31. The number of carbonyl (C=O) groups excluding carboxylic acids is 1. The van der Waals surface area contributed by atoms with Gasteiger partial charge in [0.1, 0.15) is 12.4 Å². The minimum atomic E-state index is -4.76. The van der Waals surface area contributed by atoms with Crippen molar-refractivity contribution in [2.24, 2.45) is 0 Å². The van der Waals surface area contributed by atoms with Crippen molar-refractivity contribution in [2.75, 3.05) is 11.9 Å². The van der Waals surface area contributed by atoms with Crippen LogP contribution < -0.4 is 19.5 Å². The summed E-state index contributed by atoms with van der Waals surface area (Å²) in [6.07, 6.45) is -5.61. The standard InChI is InChI=1S/C16H12F3NO4/c17-16(18,19)24-11-7-5-10(6-8-11)20-15(21)14-9-22-12-3-1-2-4-13(12)23-14/h1-8,14H,9H2,(H,20,21)/t14-/m0/s1. The minimum absolute atomic E-state index is 0.0398. The Balaban J connectivity index is 1.61. The summed E-state index contributed by atoms with van der Waals surface area (Å²) in [6, 6.07) is 11.8. The van der Waals surface area contributed by atoms with E-state index in [2.05, 4.69) is 10.1 Å². The number of fused-ring (bicyclic) bond motifs is 1. The molecule has 5 nitrogen and oxygen atoms in total. The van der Waals surface area contributed by atoms with Crippen LogP contribution in [0.5, 0.6) is 17.2 Å². The van der Waals surface area contributed by atoms with Crippen LogP contribution in [-0.2, 0) is 4.79 Å². The zero-order chi connectivity index (χ0) is 17.2. The lowest BCUT2D eigenvalue weighted by molar-refractivity contribution is -0.274. The summed E-state index contributed by atoms with van der Waals surface area (Å²) in [5.74, 6) is 0.175. The van der Waals surface area contributed by atoms with Gasteiger partial charge in [0, 0.05) is 5.69 Å². The fraction of sp³-hybridized carbons (Fsp3) is 0.188. The number of nitrogens with one attached hydrogen (secondary N) is 1. The summed E-state index contributed by atoms with van der Waals surface area (Å²) >= 11 is 0. The largest absolute Gasteiger partial charge is 0.573 e. The van der Waals surface area contributed by atoms with Crippen LogP contribution in [0.3, 0.4) is 0 Å². The predicted molar refractivity (Wildman–Crippen MR) is 78.1 cm³/mol. The number of carbonyl (C=O) groups is 1. The van der Waals surface area contributed by atoms with E-state index in [0.29, 0.717) is 17.2 Å². The summed E-state index contributed by atoms with van der Waals surface area (Å²) in [5.41, 5.74) is 0.317. The number of alkyl halides is 3. The van der Waals surface area contributed by atoms with Crippen molar-refractivity contribution in [3.05, 3.63) is 48.5 Å². The van der Waals surface area contributed by atoms with E-state index in [1.165, 1.54) is 12.1 Å². The summed E-state index contributed by atoms with van der Waals surface area (Å²) in [5, 5.41) is 2.55. The Morgan fingerprint density at radius 2 is 1.75 bits per heavy atom. The maximum Gasteiger partial charge on any atom is 0.573 e. The third-order valence-corrected chi connectivity index (χ3v) is 3.16. The van der Waals surface area contributed by atoms with Gasteiger partial charge in [-0.15, -0.1) is 13.2 Å². The first-order valence-corrected chi connectivity index (χ1v) is 6.96. The van der Waals surface area contributed by atoms with E-state index in [1.54, 1.807) is 24.3 Å². The minimum Gasteiger partial charge on any atom is -0.485 e. The highest BCUT2D eigenvalue weighted by Gasteiger charge is 2.31. The van der Waals surface area contributed by atoms with Crippen molar-refractivity contribution >= 4 is 11.6 Å². The molecule has 1 amide bonds. The maximum atomic E-state index is 12.2. The summed E-state index contributed by atoms with van der Waals surface area (Å²) < 4.78 is 51.0. The van der Waals surface area contributed by atoms with Gasteiger partial charge in [0.05, 0.1) is 0 Å². The van der Waals surface area contributed by atoms with Crippen LogP contribution >= 0.6 is 0 Å². The zero-order valence-corrected chi connectivity index (χ0v) is 12.2. The van der Waals surface area contributed by atoms with Crippen LogP contribution in [0.1, 0.15) is 0 Å². The second-order valence-electron chi connectivity index (χ2n) is 4.93. The molecule has 1 aliphatic rings. The molecular weight excluding hydrogens is 327 g/mol. The van der Waals surface area contributed by atoms with E-state index < -0.39 is 18.4 Å². The predicted octanol–water partition coefficient (Wildman–Crippen LogP) is 3.36. The van der Waals surface area contributed by atoms with Gasteiger partial charge in [-0.2, -0.15) is 0 Å². The fourth-order valence-electron chi connectivity index (χ4n) is 2.11. The molecule has 8 heteroatoms. The molecule has 0 unspecified atom stereocenters. The van der Waals surface area contributed by atoms with Gasteiger partial charge >= 0.3 is 6.36 Å². The molecule has 3 rings (SSSR count). The molecule has 0 fully saturated rings. The molecular formula is C16H12F3NO4. The summed E-state index contributed by atoms with van der Waals surface area (Å²) in [7, 11) is 0. The monoisotopic (exact) mass is 339 g/mol. The lowest BCUT2D eigenvalue weighted by Gasteiger charge is -2.25. The van der Waals surface area contributed by atoms with E-state index in [9.17, 15) is 18.0 Å². The van der Waals surface area contributed by atoms with E-state index in [4.69, 9.17) is 9.47 Å². The number of ether oxygens (including phenoxy) is 3. The smallest absolute Gasteiger partial charge is 0.485 e. The van der Waals surface area contributed by atoms with Gasteiger partial charge in [-0.25, -0.2) is 0 Å². The highest BCUT2D eigenvalue weighted by molar-refractivity contribution is 5.94. The number of hydrogen-bond acceptors (Lipinski definition) is 4. The molecule has 0 aromatic heterocycles. The molecule has 0 saturated carbocycles. The van der Waals surface area contributed by atoms with Gasteiger partial charge < -0.3 is 19.5 Å². The summed E-state index contributed by atoms with van der Waals surface area (Å²) in [6.45, 7) is 0.0398. The number of rotatable bonds is 3. The van der Waals surface area contributed by atoms with Crippen LogP contribution in [0, 0.1) is 0 Å². The van der Waals surface area contributed by atoms with Gasteiger partial charge in [0.2, 0.25) is 6.10 Å². The van der Waals surface area contributed by atoms with Crippen LogP contribution in [0.2, 0.25) is 0 Å². The Morgan fingerprint density at radius 3 is 2.42 bits per heavy atom. The third-order valence-electron chi connectivity index (χ3n) is 3.16. The average molecular weight is 339 g/mol.